The number of phenolic OH excluding ortho intramolecular Hbond substituents is 1. The van der Waals surface area contributed by atoms with Crippen LogP contribution in [-0.4, -0.2) is 31.2 Å². The van der Waals surface area contributed by atoms with Crippen molar-refractivity contribution in [1.82, 2.24) is 0 Å². The van der Waals surface area contributed by atoms with Crippen molar-refractivity contribution in [2.24, 2.45) is 0 Å². The van der Waals surface area contributed by atoms with Gasteiger partial charge < -0.3 is 19.3 Å². The van der Waals surface area contributed by atoms with Crippen LogP contribution in [0, 0.1) is 0 Å². The fraction of sp³-hybridized carbons (Fsp3) is 0.455. The van der Waals surface area contributed by atoms with Crippen LogP contribution in [0.1, 0.15) is 6.42 Å². The largest absolute Gasteiger partial charge is 0.508 e. The minimum absolute atomic E-state index is 0.0150. The predicted molar refractivity (Wildman–Crippen MR) is 53.9 cm³/mol. The lowest BCUT2D eigenvalue weighted by molar-refractivity contribution is -0.100. The average Bonchev–Trinajstić information content (AvgIpc) is 2.69. The van der Waals surface area contributed by atoms with Gasteiger partial charge in [-0.05, 0) is 24.3 Å². The lowest BCUT2D eigenvalue weighted by atomic mass is 10.3. The number of hydrogen-bond acceptors (Lipinski definition) is 4. The summed E-state index contributed by atoms with van der Waals surface area (Å²) in [4.78, 5) is 0. The second-order valence-electron chi connectivity index (χ2n) is 3.41. The van der Waals surface area contributed by atoms with Gasteiger partial charge >= 0.3 is 0 Å². The molecule has 1 aliphatic rings. The van der Waals surface area contributed by atoms with Gasteiger partial charge in [0, 0.05) is 13.5 Å². The Labute approximate surface area is 88.4 Å². The monoisotopic (exact) mass is 210 g/mol. The van der Waals surface area contributed by atoms with Crippen LogP contribution in [0.4, 0.5) is 0 Å². The first-order chi connectivity index (χ1) is 7.29. The summed E-state index contributed by atoms with van der Waals surface area (Å²) < 4.78 is 16.2. The van der Waals surface area contributed by atoms with Crippen LogP contribution in [0.25, 0.3) is 0 Å². The Morgan fingerprint density at radius 1 is 1.33 bits per heavy atom. The molecule has 0 bridgehead atoms. The van der Waals surface area contributed by atoms with Crippen LogP contribution in [-0.2, 0) is 9.47 Å². The van der Waals surface area contributed by atoms with E-state index in [1.807, 2.05) is 0 Å². The first kappa shape index (κ1) is 10.3. The second-order valence-corrected chi connectivity index (χ2v) is 3.41. The number of rotatable bonds is 3. The van der Waals surface area contributed by atoms with Crippen LogP contribution >= 0.6 is 0 Å². The summed E-state index contributed by atoms with van der Waals surface area (Å²) in [6.45, 7) is 0.654. The molecule has 2 unspecified atom stereocenters. The smallest absolute Gasteiger partial charge is 0.226 e. The number of ether oxygens (including phenoxy) is 3. The molecular formula is C11H14O4. The van der Waals surface area contributed by atoms with Gasteiger partial charge in [0.1, 0.15) is 17.6 Å². The molecule has 0 radical (unpaired) electrons. The van der Waals surface area contributed by atoms with Crippen molar-refractivity contribution in [2.45, 2.75) is 18.8 Å². The third-order valence-electron chi connectivity index (χ3n) is 2.38. The summed E-state index contributed by atoms with van der Waals surface area (Å²) in [5, 5.41) is 9.10. The van der Waals surface area contributed by atoms with E-state index in [4.69, 9.17) is 19.3 Å². The van der Waals surface area contributed by atoms with E-state index in [0.29, 0.717) is 12.4 Å². The summed E-state index contributed by atoms with van der Waals surface area (Å²) in [6.07, 6.45) is 0.484. The highest BCUT2D eigenvalue weighted by molar-refractivity contribution is 5.30. The quantitative estimate of drug-likeness (QED) is 0.822. The fourth-order valence-corrected chi connectivity index (χ4v) is 1.54. The predicted octanol–water partition coefficient (Wildman–Crippen LogP) is 1.53. The number of aromatic hydroxyl groups is 1. The molecule has 1 aromatic carbocycles. The zero-order valence-electron chi connectivity index (χ0n) is 8.55. The molecule has 0 aliphatic carbocycles. The van der Waals surface area contributed by atoms with E-state index in [9.17, 15) is 0 Å². The van der Waals surface area contributed by atoms with Crippen LogP contribution in [0.3, 0.4) is 0 Å². The molecule has 15 heavy (non-hydrogen) atoms. The van der Waals surface area contributed by atoms with Crippen molar-refractivity contribution in [1.29, 1.82) is 0 Å². The molecule has 1 aromatic rings. The normalized spacial score (nSPS) is 25.4. The van der Waals surface area contributed by atoms with E-state index in [-0.39, 0.29) is 18.1 Å². The summed E-state index contributed by atoms with van der Waals surface area (Å²) >= 11 is 0. The number of methoxy groups -OCH3 is 1. The average molecular weight is 210 g/mol. The Morgan fingerprint density at radius 3 is 2.73 bits per heavy atom. The Hall–Kier alpha value is -1.26. The van der Waals surface area contributed by atoms with E-state index in [0.717, 1.165) is 6.42 Å². The highest BCUT2D eigenvalue weighted by Gasteiger charge is 2.29. The molecule has 2 atom stereocenters. The number of hydrogen-bond donors (Lipinski definition) is 1. The second kappa shape index (κ2) is 4.51. The molecule has 1 fully saturated rings. The van der Waals surface area contributed by atoms with Crippen LogP contribution in [0.5, 0.6) is 11.5 Å². The standard InChI is InChI=1S/C11H14O4/c1-13-10-6-7-14-11(10)15-9-4-2-8(12)3-5-9/h2-5,10-12H,6-7H2,1H3. The van der Waals surface area contributed by atoms with Crippen molar-refractivity contribution in [3.05, 3.63) is 24.3 Å². The Kier molecular flexibility index (Phi) is 3.08. The van der Waals surface area contributed by atoms with Gasteiger partial charge in [-0.15, -0.1) is 0 Å². The van der Waals surface area contributed by atoms with Crippen molar-refractivity contribution in [2.75, 3.05) is 13.7 Å². The third kappa shape index (κ3) is 2.40. The fourth-order valence-electron chi connectivity index (χ4n) is 1.54. The molecule has 4 heteroatoms. The summed E-state index contributed by atoms with van der Waals surface area (Å²) in [6, 6.07) is 6.55. The van der Waals surface area contributed by atoms with E-state index in [1.165, 1.54) is 0 Å². The first-order valence-electron chi connectivity index (χ1n) is 4.89. The zero-order chi connectivity index (χ0) is 10.7. The minimum Gasteiger partial charge on any atom is -0.508 e. The maximum Gasteiger partial charge on any atom is 0.226 e. The van der Waals surface area contributed by atoms with Crippen molar-refractivity contribution in [3.63, 3.8) is 0 Å². The molecular weight excluding hydrogens is 196 g/mol. The van der Waals surface area contributed by atoms with Gasteiger partial charge in [0.25, 0.3) is 0 Å². The lowest BCUT2D eigenvalue weighted by Gasteiger charge is -2.18. The summed E-state index contributed by atoms with van der Waals surface area (Å²) in [5.41, 5.74) is 0. The molecule has 0 aromatic heterocycles. The van der Waals surface area contributed by atoms with Crippen LogP contribution < -0.4 is 4.74 Å². The molecule has 1 saturated heterocycles. The number of benzene rings is 1. The van der Waals surface area contributed by atoms with Gasteiger partial charge in [-0.25, -0.2) is 0 Å². The Bertz CT molecular complexity index is 309. The lowest BCUT2D eigenvalue weighted by Crippen LogP contribution is -2.28. The van der Waals surface area contributed by atoms with E-state index >= 15 is 0 Å². The van der Waals surface area contributed by atoms with Crippen molar-refractivity contribution >= 4 is 0 Å². The highest BCUT2D eigenvalue weighted by Crippen LogP contribution is 2.22. The minimum atomic E-state index is -0.348. The SMILES string of the molecule is COC1CCOC1Oc1ccc(O)cc1. The Morgan fingerprint density at radius 2 is 2.07 bits per heavy atom. The number of phenols is 1. The topological polar surface area (TPSA) is 47.9 Å². The molecule has 0 spiro atoms. The first-order valence-corrected chi connectivity index (χ1v) is 4.89. The van der Waals surface area contributed by atoms with Gasteiger partial charge in [-0.2, -0.15) is 0 Å². The Balaban J connectivity index is 1.99. The third-order valence-corrected chi connectivity index (χ3v) is 2.38. The molecule has 2 rings (SSSR count). The maximum absolute atomic E-state index is 9.10. The van der Waals surface area contributed by atoms with Gasteiger partial charge in [0.2, 0.25) is 6.29 Å². The van der Waals surface area contributed by atoms with Gasteiger partial charge in [0.15, 0.2) is 0 Å². The molecule has 4 nitrogen and oxygen atoms in total. The van der Waals surface area contributed by atoms with Crippen LogP contribution in [0.15, 0.2) is 24.3 Å². The maximum atomic E-state index is 9.10. The molecule has 0 amide bonds. The highest BCUT2D eigenvalue weighted by atomic mass is 16.7. The summed E-state index contributed by atoms with van der Waals surface area (Å²) in [5.74, 6) is 0.889. The van der Waals surface area contributed by atoms with Gasteiger partial charge in [-0.1, -0.05) is 0 Å². The van der Waals surface area contributed by atoms with E-state index in [2.05, 4.69) is 0 Å². The molecule has 1 aliphatic heterocycles. The molecule has 0 saturated carbocycles. The van der Waals surface area contributed by atoms with Crippen LogP contribution in [0.2, 0.25) is 0 Å². The molecule has 1 N–H and O–H groups in total. The van der Waals surface area contributed by atoms with Gasteiger partial charge in [0.05, 0.1) is 6.61 Å². The van der Waals surface area contributed by atoms with Crippen molar-refractivity contribution < 1.29 is 19.3 Å². The summed E-state index contributed by atoms with van der Waals surface area (Å²) in [7, 11) is 1.65. The molecule has 82 valence electrons. The van der Waals surface area contributed by atoms with E-state index < -0.39 is 0 Å². The van der Waals surface area contributed by atoms with Gasteiger partial charge in [-0.3, -0.25) is 0 Å². The van der Waals surface area contributed by atoms with E-state index in [1.54, 1.807) is 31.4 Å². The van der Waals surface area contributed by atoms with Crippen molar-refractivity contribution in [3.8, 4) is 11.5 Å². The zero-order valence-corrected chi connectivity index (χ0v) is 8.55. The molecule has 1 heterocycles.